The van der Waals surface area contributed by atoms with Crippen LogP contribution in [0.2, 0.25) is 0 Å². The zero-order chi connectivity index (χ0) is 19.9. The summed E-state index contributed by atoms with van der Waals surface area (Å²) in [6.45, 7) is 3.26. The van der Waals surface area contributed by atoms with E-state index < -0.39 is 11.6 Å². The third-order valence-corrected chi connectivity index (χ3v) is 4.79. The van der Waals surface area contributed by atoms with Gasteiger partial charge in [0.05, 0.1) is 18.6 Å². The maximum Gasteiger partial charge on any atom is 0.226 e. The number of hydrogen-bond donors (Lipinski definition) is 3. The average Bonchev–Trinajstić information content (AvgIpc) is 3.18. The van der Waals surface area contributed by atoms with Gasteiger partial charge in [0.15, 0.2) is 0 Å². The lowest BCUT2D eigenvalue weighted by Crippen LogP contribution is -2.34. The fourth-order valence-corrected chi connectivity index (χ4v) is 3.14. The first-order chi connectivity index (χ1) is 13.6. The van der Waals surface area contributed by atoms with Crippen LogP contribution in [0.4, 0.5) is 8.78 Å². The van der Waals surface area contributed by atoms with Crippen molar-refractivity contribution in [3.63, 3.8) is 0 Å². The Labute approximate surface area is 163 Å². The fourth-order valence-electron chi connectivity index (χ4n) is 3.14. The third kappa shape index (κ3) is 5.05. The van der Waals surface area contributed by atoms with E-state index in [1.165, 1.54) is 12.1 Å². The summed E-state index contributed by atoms with van der Waals surface area (Å²) in [4.78, 5) is 12.6. The average molecular weight is 389 g/mol. The van der Waals surface area contributed by atoms with E-state index in [2.05, 4.69) is 23.1 Å². The van der Waals surface area contributed by atoms with E-state index >= 15 is 0 Å². The van der Waals surface area contributed by atoms with Gasteiger partial charge in [0.1, 0.15) is 17.4 Å². The van der Waals surface area contributed by atoms with Crippen LogP contribution in [-0.2, 0) is 11.3 Å². The maximum absolute atomic E-state index is 13.7. The van der Waals surface area contributed by atoms with Crippen molar-refractivity contribution < 1.29 is 18.3 Å². The molecule has 5 nitrogen and oxygen atoms in total. The lowest BCUT2D eigenvalue weighted by atomic mass is 9.94. The highest BCUT2D eigenvalue weighted by Crippen LogP contribution is 2.27. The van der Waals surface area contributed by atoms with Crippen molar-refractivity contribution in [1.29, 1.82) is 0 Å². The van der Waals surface area contributed by atoms with Crippen molar-refractivity contribution in [2.45, 2.75) is 32.4 Å². The number of halogens is 2. The summed E-state index contributed by atoms with van der Waals surface area (Å²) in [5.41, 5.74) is 7.34. The van der Waals surface area contributed by atoms with Gasteiger partial charge in [0, 0.05) is 24.7 Å². The Balaban J connectivity index is 1.59. The monoisotopic (exact) mass is 389 g/mol. The largest absolute Gasteiger partial charge is 0.494 e. The zero-order valence-corrected chi connectivity index (χ0v) is 15.8. The van der Waals surface area contributed by atoms with Gasteiger partial charge in [-0.3, -0.25) is 10.2 Å². The molecule has 2 atom stereocenters. The van der Waals surface area contributed by atoms with Crippen molar-refractivity contribution in [3.05, 3.63) is 65.2 Å². The Bertz CT molecular complexity index is 799. The number of ether oxygens (including phenoxy) is 1. The second-order valence-corrected chi connectivity index (χ2v) is 6.83. The first kappa shape index (κ1) is 20.2. The topological polar surface area (TPSA) is 62.4 Å². The molecule has 1 aliphatic heterocycles. The summed E-state index contributed by atoms with van der Waals surface area (Å²) < 4.78 is 32.4. The minimum Gasteiger partial charge on any atom is -0.494 e. The second kappa shape index (κ2) is 9.61. The quantitative estimate of drug-likeness (QED) is 0.607. The maximum atomic E-state index is 13.7. The van der Waals surface area contributed by atoms with Gasteiger partial charge in [-0.2, -0.15) is 0 Å². The molecule has 2 aromatic carbocycles. The van der Waals surface area contributed by atoms with Gasteiger partial charge in [-0.15, -0.1) is 0 Å². The molecule has 0 aromatic heterocycles. The molecule has 1 aliphatic rings. The number of amides is 1. The molecule has 7 heteroatoms. The Kier molecular flexibility index (Phi) is 6.95. The molecule has 0 saturated carbocycles. The van der Waals surface area contributed by atoms with Crippen LogP contribution in [0.3, 0.4) is 0 Å². The molecule has 1 heterocycles. The molecule has 0 bridgehead atoms. The lowest BCUT2D eigenvalue weighted by molar-refractivity contribution is -0.125. The molecule has 3 N–H and O–H groups in total. The van der Waals surface area contributed by atoms with Gasteiger partial charge in [0.25, 0.3) is 0 Å². The third-order valence-electron chi connectivity index (χ3n) is 4.79. The number of benzene rings is 2. The van der Waals surface area contributed by atoms with Crippen LogP contribution in [0.5, 0.6) is 5.75 Å². The molecule has 0 radical (unpaired) electrons. The van der Waals surface area contributed by atoms with Crippen LogP contribution in [-0.4, -0.2) is 19.1 Å². The number of unbranched alkanes of at least 4 members (excludes halogenated alkanes) is 1. The summed E-state index contributed by atoms with van der Waals surface area (Å²) >= 11 is 0. The van der Waals surface area contributed by atoms with E-state index in [1.54, 1.807) is 0 Å². The van der Waals surface area contributed by atoms with E-state index in [9.17, 15) is 13.6 Å². The van der Waals surface area contributed by atoms with Crippen LogP contribution in [0.25, 0.3) is 0 Å². The molecular weight excluding hydrogens is 364 g/mol. The first-order valence-corrected chi connectivity index (χ1v) is 9.51. The van der Waals surface area contributed by atoms with Crippen LogP contribution in [0.1, 0.15) is 36.9 Å². The van der Waals surface area contributed by atoms with E-state index in [1.807, 2.05) is 24.3 Å². The van der Waals surface area contributed by atoms with E-state index in [0.29, 0.717) is 13.2 Å². The molecule has 0 aliphatic carbocycles. The molecule has 150 valence electrons. The number of hydrogen-bond acceptors (Lipinski definition) is 4. The van der Waals surface area contributed by atoms with Crippen LogP contribution in [0.15, 0.2) is 42.5 Å². The minimum absolute atomic E-state index is 0.0123. The number of rotatable bonds is 8. The van der Waals surface area contributed by atoms with Gasteiger partial charge in [-0.1, -0.05) is 31.5 Å². The second-order valence-electron chi connectivity index (χ2n) is 6.83. The number of hydrazine groups is 1. The van der Waals surface area contributed by atoms with E-state index in [-0.39, 0.29) is 30.0 Å². The fraction of sp³-hybridized carbons (Fsp3) is 0.381. The molecule has 0 spiro atoms. The van der Waals surface area contributed by atoms with Gasteiger partial charge < -0.3 is 10.1 Å². The Hall–Kier alpha value is -2.51. The molecule has 1 fully saturated rings. The van der Waals surface area contributed by atoms with Gasteiger partial charge >= 0.3 is 0 Å². The predicted octanol–water partition coefficient (Wildman–Crippen LogP) is 3.23. The standard InChI is InChI=1S/C21H25F2N3O2/c1-2-3-10-28-17-8-5-14(6-9-17)20-18(13-25-26-20)21(27)24-12-15-4-7-16(22)11-19(15)23/h4-9,11,18,20,25-26H,2-3,10,12-13H2,1H3,(H,24,27). The summed E-state index contributed by atoms with van der Waals surface area (Å²) in [5.74, 6) is -1.06. The molecule has 28 heavy (non-hydrogen) atoms. The lowest BCUT2D eigenvalue weighted by Gasteiger charge is -2.19. The molecule has 2 unspecified atom stereocenters. The summed E-state index contributed by atoms with van der Waals surface area (Å²) in [6.07, 6.45) is 2.08. The summed E-state index contributed by atoms with van der Waals surface area (Å²) in [7, 11) is 0. The molecule has 3 rings (SSSR count). The Morgan fingerprint density at radius 1 is 1.21 bits per heavy atom. The van der Waals surface area contributed by atoms with Crippen molar-refractivity contribution >= 4 is 5.91 Å². The molecule has 1 amide bonds. The smallest absolute Gasteiger partial charge is 0.226 e. The van der Waals surface area contributed by atoms with Gasteiger partial charge in [-0.25, -0.2) is 14.2 Å². The summed E-state index contributed by atoms with van der Waals surface area (Å²) in [5, 5.41) is 2.74. The molecule has 1 saturated heterocycles. The van der Waals surface area contributed by atoms with Gasteiger partial charge in [0.2, 0.25) is 5.91 Å². The highest BCUT2D eigenvalue weighted by molar-refractivity contribution is 5.80. The van der Waals surface area contributed by atoms with Crippen LogP contribution < -0.4 is 20.9 Å². The normalized spacial score (nSPS) is 18.8. The number of carbonyl (C=O) groups excluding carboxylic acids is 1. The van der Waals surface area contributed by atoms with Crippen LogP contribution >= 0.6 is 0 Å². The van der Waals surface area contributed by atoms with Gasteiger partial charge in [-0.05, 0) is 30.2 Å². The molecular formula is C21H25F2N3O2. The first-order valence-electron chi connectivity index (χ1n) is 9.51. The van der Waals surface area contributed by atoms with Crippen molar-refractivity contribution in [1.82, 2.24) is 16.2 Å². The predicted molar refractivity (Wildman–Crippen MR) is 102 cm³/mol. The molecule has 2 aromatic rings. The SMILES string of the molecule is CCCCOc1ccc(C2NNCC2C(=O)NCc2ccc(F)cc2F)cc1. The van der Waals surface area contributed by atoms with Crippen molar-refractivity contribution in [2.24, 2.45) is 5.92 Å². The van der Waals surface area contributed by atoms with E-state index in [4.69, 9.17) is 4.74 Å². The number of carbonyl (C=O) groups is 1. The zero-order valence-electron chi connectivity index (χ0n) is 15.8. The van der Waals surface area contributed by atoms with Crippen molar-refractivity contribution in [3.8, 4) is 5.75 Å². The Morgan fingerprint density at radius 3 is 2.71 bits per heavy atom. The van der Waals surface area contributed by atoms with E-state index in [0.717, 1.165) is 30.2 Å². The Morgan fingerprint density at radius 2 is 2.00 bits per heavy atom. The van der Waals surface area contributed by atoms with Crippen LogP contribution in [0, 0.1) is 17.6 Å². The number of nitrogens with one attached hydrogen (secondary N) is 3. The highest BCUT2D eigenvalue weighted by atomic mass is 19.1. The summed E-state index contributed by atoms with van der Waals surface area (Å²) in [6, 6.07) is 10.8. The minimum atomic E-state index is -0.668. The highest BCUT2D eigenvalue weighted by Gasteiger charge is 2.33. The van der Waals surface area contributed by atoms with Crippen molar-refractivity contribution in [2.75, 3.05) is 13.2 Å².